The van der Waals surface area contributed by atoms with Gasteiger partial charge in [-0.05, 0) is 57.7 Å². The van der Waals surface area contributed by atoms with Gasteiger partial charge in [-0.2, -0.15) is 0 Å². The number of esters is 2. The summed E-state index contributed by atoms with van der Waals surface area (Å²) >= 11 is 0. The standard InChI is InChI=1S/C25H33N5O6.C3H8/c1-5-35-22(32)10-9-19(25(34)36-6-2)30-21(31)14-28-24(33)23(15(3)26)16(4)29-18-8-7-17-11-12-27-20(17)13-18;1-3-2/h7-8,11-13,19,27H,5-6,9-10,14,26H2,1-4H3,(H,28,33)(H,30,31);3H2,1-2H3/b23-15+,29-16?;. The van der Waals surface area contributed by atoms with Gasteiger partial charge in [0.25, 0.3) is 5.91 Å². The second-order valence-corrected chi connectivity index (χ2v) is 8.61. The molecule has 1 unspecified atom stereocenters. The van der Waals surface area contributed by atoms with Crippen molar-refractivity contribution in [3.8, 4) is 0 Å². The van der Waals surface area contributed by atoms with Gasteiger partial charge in [0, 0.05) is 23.8 Å². The molecular weight excluding hydrogens is 502 g/mol. The number of H-pyrrole nitrogens is 1. The van der Waals surface area contributed by atoms with Crippen LogP contribution in [0.1, 0.15) is 60.8 Å². The van der Waals surface area contributed by atoms with E-state index in [-0.39, 0.29) is 37.3 Å². The maximum Gasteiger partial charge on any atom is 0.328 e. The van der Waals surface area contributed by atoms with Gasteiger partial charge in [0.2, 0.25) is 5.91 Å². The van der Waals surface area contributed by atoms with Crippen LogP contribution in [-0.4, -0.2) is 60.2 Å². The molecule has 1 heterocycles. The predicted molar refractivity (Wildman–Crippen MR) is 151 cm³/mol. The van der Waals surface area contributed by atoms with Gasteiger partial charge >= 0.3 is 11.9 Å². The van der Waals surface area contributed by atoms with E-state index >= 15 is 0 Å². The Morgan fingerprint density at radius 1 is 1.03 bits per heavy atom. The molecule has 0 saturated carbocycles. The van der Waals surface area contributed by atoms with Crippen LogP contribution in [0.3, 0.4) is 0 Å². The molecule has 1 atom stereocenters. The molecule has 1 aromatic carbocycles. The van der Waals surface area contributed by atoms with Crippen molar-refractivity contribution >= 4 is 46.1 Å². The summed E-state index contributed by atoms with van der Waals surface area (Å²) in [6, 6.07) is 6.45. The summed E-state index contributed by atoms with van der Waals surface area (Å²) in [5, 5.41) is 6.02. The third-order valence-corrected chi connectivity index (χ3v) is 5.08. The molecular formula is C28H41N5O6. The third-order valence-electron chi connectivity index (χ3n) is 5.08. The normalized spacial score (nSPS) is 12.4. The number of aromatic amines is 1. The lowest BCUT2D eigenvalue weighted by Crippen LogP contribution is -2.47. The van der Waals surface area contributed by atoms with Gasteiger partial charge in [-0.15, -0.1) is 0 Å². The Morgan fingerprint density at radius 2 is 1.69 bits per heavy atom. The van der Waals surface area contributed by atoms with Crippen LogP contribution >= 0.6 is 0 Å². The summed E-state index contributed by atoms with van der Waals surface area (Å²) in [5.74, 6) is -2.40. The van der Waals surface area contributed by atoms with E-state index in [1.807, 2.05) is 30.5 Å². The highest BCUT2D eigenvalue weighted by Gasteiger charge is 2.24. The molecule has 0 aliphatic carbocycles. The first-order chi connectivity index (χ1) is 18.6. The number of carbonyl (C=O) groups is 4. The highest BCUT2D eigenvalue weighted by Crippen LogP contribution is 2.21. The number of nitrogens with zero attached hydrogens (tertiary/aromatic N) is 1. The number of amides is 2. The molecule has 2 rings (SSSR count). The number of carbonyl (C=O) groups excluding carboxylic acids is 4. The number of aliphatic imine (C=N–C) groups is 1. The van der Waals surface area contributed by atoms with E-state index in [0.717, 1.165) is 10.9 Å². The molecule has 11 nitrogen and oxygen atoms in total. The lowest BCUT2D eigenvalue weighted by Gasteiger charge is -2.17. The molecule has 0 aliphatic rings. The number of nitrogens with one attached hydrogen (secondary N) is 3. The summed E-state index contributed by atoms with van der Waals surface area (Å²) < 4.78 is 9.82. The Kier molecular flexibility index (Phi) is 14.6. The highest BCUT2D eigenvalue weighted by molar-refractivity contribution is 6.22. The number of nitrogens with two attached hydrogens (primary N) is 1. The zero-order chi connectivity index (χ0) is 29.4. The lowest BCUT2D eigenvalue weighted by molar-refractivity contribution is -0.148. The molecule has 214 valence electrons. The molecule has 2 aromatic rings. The fourth-order valence-electron chi connectivity index (χ4n) is 3.47. The van der Waals surface area contributed by atoms with E-state index in [0.29, 0.717) is 11.4 Å². The Labute approximate surface area is 229 Å². The van der Waals surface area contributed by atoms with Gasteiger partial charge < -0.3 is 30.8 Å². The van der Waals surface area contributed by atoms with E-state index in [2.05, 4.69) is 34.5 Å². The molecule has 0 saturated heterocycles. The summed E-state index contributed by atoms with van der Waals surface area (Å²) in [5.41, 5.74) is 8.22. The Hall–Kier alpha value is -4.15. The molecule has 0 spiro atoms. The van der Waals surface area contributed by atoms with Crippen LogP contribution in [0.2, 0.25) is 0 Å². The average molecular weight is 544 g/mol. The van der Waals surface area contributed by atoms with E-state index in [1.165, 1.54) is 6.42 Å². The number of hydrogen-bond acceptors (Lipinski definition) is 8. The summed E-state index contributed by atoms with van der Waals surface area (Å²) in [4.78, 5) is 56.7. The molecule has 0 bridgehead atoms. The number of rotatable bonds is 12. The van der Waals surface area contributed by atoms with Crippen LogP contribution in [0, 0.1) is 0 Å². The number of ether oxygens (including phenoxy) is 2. The smallest absolute Gasteiger partial charge is 0.328 e. The first-order valence-corrected chi connectivity index (χ1v) is 13.1. The second kappa shape index (κ2) is 17.4. The minimum Gasteiger partial charge on any atom is -0.466 e. The molecule has 11 heteroatoms. The van der Waals surface area contributed by atoms with E-state index in [1.54, 1.807) is 27.7 Å². The van der Waals surface area contributed by atoms with Gasteiger partial charge in [-0.3, -0.25) is 19.4 Å². The number of fused-ring (bicyclic) bond motifs is 1. The fraction of sp³-hybridized carbons (Fsp3) is 0.464. The second-order valence-electron chi connectivity index (χ2n) is 8.61. The SMILES string of the molecule is CCC.CCOC(=O)CCC(NC(=O)CNC(=O)/C(C(C)=Nc1ccc2cc[nH]c2c1)=C(\C)N)C(=O)OCC. The Morgan fingerprint density at radius 3 is 2.31 bits per heavy atom. The Bertz CT molecular complexity index is 1180. The largest absolute Gasteiger partial charge is 0.466 e. The van der Waals surface area contributed by atoms with Crippen molar-refractivity contribution in [2.75, 3.05) is 19.8 Å². The van der Waals surface area contributed by atoms with Crippen molar-refractivity contribution in [1.82, 2.24) is 15.6 Å². The van der Waals surface area contributed by atoms with Crippen molar-refractivity contribution in [2.24, 2.45) is 10.7 Å². The van der Waals surface area contributed by atoms with E-state index in [9.17, 15) is 19.2 Å². The van der Waals surface area contributed by atoms with Crippen LogP contribution in [0.25, 0.3) is 10.9 Å². The molecule has 39 heavy (non-hydrogen) atoms. The summed E-state index contributed by atoms with van der Waals surface area (Å²) in [6.45, 7) is 10.7. The highest BCUT2D eigenvalue weighted by atomic mass is 16.5. The number of hydrogen-bond donors (Lipinski definition) is 4. The lowest BCUT2D eigenvalue weighted by atomic mass is 10.1. The number of allylic oxidation sites excluding steroid dienone is 1. The van der Waals surface area contributed by atoms with Crippen LogP contribution in [0.15, 0.2) is 46.7 Å². The molecule has 0 fully saturated rings. The van der Waals surface area contributed by atoms with E-state index < -0.39 is 36.3 Å². The maximum absolute atomic E-state index is 12.8. The minimum absolute atomic E-state index is 0.00132. The van der Waals surface area contributed by atoms with Crippen molar-refractivity contribution in [1.29, 1.82) is 0 Å². The van der Waals surface area contributed by atoms with Gasteiger partial charge in [-0.1, -0.05) is 26.3 Å². The molecule has 5 N–H and O–H groups in total. The van der Waals surface area contributed by atoms with Gasteiger partial charge in [0.05, 0.1) is 36.7 Å². The quantitative estimate of drug-likeness (QED) is 0.181. The summed E-state index contributed by atoms with van der Waals surface area (Å²) in [7, 11) is 0. The van der Waals surface area contributed by atoms with Crippen LogP contribution < -0.4 is 16.4 Å². The van der Waals surface area contributed by atoms with Crippen LogP contribution in [0.5, 0.6) is 0 Å². The number of aromatic nitrogens is 1. The molecule has 0 aliphatic heterocycles. The minimum atomic E-state index is -1.06. The average Bonchev–Trinajstić information content (AvgIpc) is 3.34. The Balaban J connectivity index is 0.00000242. The van der Waals surface area contributed by atoms with Crippen LogP contribution in [0.4, 0.5) is 5.69 Å². The van der Waals surface area contributed by atoms with Gasteiger partial charge in [0.1, 0.15) is 6.04 Å². The van der Waals surface area contributed by atoms with Gasteiger partial charge in [-0.25, -0.2) is 4.79 Å². The zero-order valence-corrected chi connectivity index (χ0v) is 23.7. The van der Waals surface area contributed by atoms with Crippen molar-refractivity contribution in [2.45, 2.75) is 66.8 Å². The van der Waals surface area contributed by atoms with Crippen molar-refractivity contribution in [3.05, 3.63) is 41.7 Å². The molecule has 0 radical (unpaired) electrons. The van der Waals surface area contributed by atoms with E-state index in [4.69, 9.17) is 15.2 Å². The van der Waals surface area contributed by atoms with Crippen molar-refractivity contribution in [3.63, 3.8) is 0 Å². The molecule has 2 amide bonds. The van der Waals surface area contributed by atoms with Gasteiger partial charge in [0.15, 0.2) is 0 Å². The zero-order valence-electron chi connectivity index (χ0n) is 23.7. The summed E-state index contributed by atoms with van der Waals surface area (Å²) in [6.07, 6.45) is 3.00. The molecule has 1 aromatic heterocycles. The van der Waals surface area contributed by atoms with Crippen molar-refractivity contribution < 1.29 is 28.7 Å². The van der Waals surface area contributed by atoms with Crippen LogP contribution in [-0.2, 0) is 28.7 Å². The third kappa shape index (κ3) is 11.4. The monoisotopic (exact) mass is 543 g/mol. The maximum atomic E-state index is 12.8. The fourth-order valence-corrected chi connectivity index (χ4v) is 3.47. The number of benzene rings is 1. The topological polar surface area (TPSA) is 165 Å². The first kappa shape index (κ1) is 32.9. The predicted octanol–water partition coefficient (Wildman–Crippen LogP) is 3.42. The first-order valence-electron chi connectivity index (χ1n) is 13.1.